The molecule has 0 amide bonds. The number of carbonyl (C=O) groups excluding carboxylic acids is 1. The molecular formula is C25H31NO5. The van der Waals surface area contributed by atoms with Crippen molar-refractivity contribution in [3.63, 3.8) is 0 Å². The lowest BCUT2D eigenvalue weighted by molar-refractivity contribution is -0.123. The summed E-state index contributed by atoms with van der Waals surface area (Å²) in [5.74, 6) is 2.02. The first-order valence-corrected chi connectivity index (χ1v) is 10.8. The van der Waals surface area contributed by atoms with Gasteiger partial charge in [0.15, 0.2) is 0 Å². The minimum Gasteiger partial charge on any atom is -0.496 e. The van der Waals surface area contributed by atoms with E-state index in [2.05, 4.69) is 24.3 Å². The first-order valence-electron chi connectivity index (χ1n) is 10.8. The van der Waals surface area contributed by atoms with Crippen LogP contribution in [0.3, 0.4) is 0 Å². The van der Waals surface area contributed by atoms with Gasteiger partial charge in [0.2, 0.25) is 0 Å². The molecule has 2 aromatic rings. The van der Waals surface area contributed by atoms with Crippen molar-refractivity contribution in [3.8, 4) is 11.5 Å². The predicted molar refractivity (Wildman–Crippen MR) is 117 cm³/mol. The van der Waals surface area contributed by atoms with Crippen LogP contribution >= 0.6 is 0 Å². The van der Waals surface area contributed by atoms with E-state index in [1.807, 2.05) is 30.0 Å². The van der Waals surface area contributed by atoms with E-state index in [1.165, 1.54) is 18.4 Å². The minimum atomic E-state index is -0.535. The van der Waals surface area contributed by atoms with Gasteiger partial charge < -0.3 is 23.7 Å². The number of aldehydes is 1. The lowest BCUT2D eigenvalue weighted by Gasteiger charge is -2.34. The third kappa shape index (κ3) is 4.33. The van der Waals surface area contributed by atoms with Gasteiger partial charge in [-0.2, -0.15) is 0 Å². The Morgan fingerprint density at radius 3 is 2.23 bits per heavy atom. The van der Waals surface area contributed by atoms with Crippen molar-refractivity contribution in [2.45, 2.75) is 56.7 Å². The van der Waals surface area contributed by atoms with Crippen molar-refractivity contribution < 1.29 is 23.7 Å². The van der Waals surface area contributed by atoms with Crippen molar-refractivity contribution in [2.75, 3.05) is 21.3 Å². The molecule has 0 aromatic heterocycles. The molecule has 2 fully saturated rings. The fourth-order valence-corrected chi connectivity index (χ4v) is 4.47. The Balaban J connectivity index is 1.67. The molecule has 0 spiro atoms. The molecule has 31 heavy (non-hydrogen) atoms. The average Bonchev–Trinajstić information content (AvgIpc) is 3.60. The van der Waals surface area contributed by atoms with E-state index in [1.54, 1.807) is 21.3 Å². The van der Waals surface area contributed by atoms with Crippen LogP contribution in [0, 0.1) is 0 Å². The Hall–Kier alpha value is -2.41. The highest BCUT2D eigenvalue weighted by Crippen LogP contribution is 2.44. The fourth-order valence-electron chi connectivity index (χ4n) is 4.47. The highest BCUT2D eigenvalue weighted by Gasteiger charge is 2.46. The standard InChI is InChI=1S/C25H31NO5/c1-16-20(15-27)26(25(31-16)24-21(28-2)6-5-7-22(24)29-3)23(30-4)14-17-8-10-18(11-9-17)19-12-13-19/h5-11,15-16,19-20,23,25H,12-14H2,1-4H3. The number of carbonyl (C=O) groups is 1. The third-order valence-electron chi connectivity index (χ3n) is 6.34. The number of nitrogens with zero attached hydrogens (tertiary/aromatic N) is 1. The maximum absolute atomic E-state index is 12.1. The molecule has 1 aliphatic carbocycles. The molecule has 1 saturated heterocycles. The van der Waals surface area contributed by atoms with Crippen LogP contribution in [0.4, 0.5) is 0 Å². The van der Waals surface area contributed by atoms with E-state index < -0.39 is 12.3 Å². The summed E-state index contributed by atoms with van der Waals surface area (Å²) in [7, 11) is 4.91. The normalized spacial score (nSPS) is 24.7. The van der Waals surface area contributed by atoms with Gasteiger partial charge >= 0.3 is 0 Å². The van der Waals surface area contributed by atoms with Crippen LogP contribution in [-0.2, 0) is 20.7 Å². The van der Waals surface area contributed by atoms with Crippen LogP contribution in [0.1, 0.15) is 48.6 Å². The Morgan fingerprint density at radius 1 is 1.06 bits per heavy atom. The second-order valence-electron chi connectivity index (χ2n) is 8.25. The molecule has 0 bridgehead atoms. The van der Waals surface area contributed by atoms with Gasteiger partial charge in [-0.05, 0) is 48.9 Å². The van der Waals surface area contributed by atoms with E-state index in [4.69, 9.17) is 18.9 Å². The minimum absolute atomic E-state index is 0.299. The van der Waals surface area contributed by atoms with Crippen LogP contribution in [0.5, 0.6) is 11.5 Å². The smallest absolute Gasteiger partial charge is 0.147 e. The molecule has 1 aliphatic heterocycles. The summed E-state index contributed by atoms with van der Waals surface area (Å²) in [6.07, 6.45) is 2.95. The molecule has 2 aliphatic rings. The van der Waals surface area contributed by atoms with Crippen molar-refractivity contribution in [2.24, 2.45) is 0 Å². The molecule has 1 heterocycles. The van der Waals surface area contributed by atoms with Gasteiger partial charge in [-0.1, -0.05) is 30.3 Å². The second-order valence-corrected chi connectivity index (χ2v) is 8.25. The van der Waals surface area contributed by atoms with Gasteiger partial charge in [0.25, 0.3) is 0 Å². The molecule has 4 atom stereocenters. The zero-order valence-corrected chi connectivity index (χ0v) is 18.6. The van der Waals surface area contributed by atoms with Gasteiger partial charge in [-0.3, -0.25) is 0 Å². The van der Waals surface area contributed by atoms with Crippen molar-refractivity contribution in [1.82, 2.24) is 4.90 Å². The van der Waals surface area contributed by atoms with E-state index in [-0.39, 0.29) is 12.3 Å². The molecule has 6 nitrogen and oxygen atoms in total. The molecule has 166 valence electrons. The largest absolute Gasteiger partial charge is 0.496 e. The Labute approximate surface area is 184 Å². The fraction of sp³-hybridized carbons (Fsp3) is 0.480. The first-order chi connectivity index (χ1) is 15.1. The zero-order valence-electron chi connectivity index (χ0n) is 18.6. The monoisotopic (exact) mass is 425 g/mol. The zero-order chi connectivity index (χ0) is 22.0. The summed E-state index contributed by atoms with van der Waals surface area (Å²) in [4.78, 5) is 14.1. The van der Waals surface area contributed by atoms with Crippen LogP contribution in [0.15, 0.2) is 42.5 Å². The molecule has 0 N–H and O–H groups in total. The Kier molecular flexibility index (Phi) is 6.60. The number of benzene rings is 2. The van der Waals surface area contributed by atoms with Gasteiger partial charge in [-0.25, -0.2) is 4.90 Å². The van der Waals surface area contributed by atoms with Gasteiger partial charge in [0.05, 0.1) is 31.9 Å². The number of hydrogen-bond acceptors (Lipinski definition) is 6. The summed E-state index contributed by atoms with van der Waals surface area (Å²) in [6.45, 7) is 1.91. The quantitative estimate of drug-likeness (QED) is 0.564. The Bertz CT molecular complexity index is 873. The van der Waals surface area contributed by atoms with Crippen molar-refractivity contribution in [1.29, 1.82) is 0 Å². The molecule has 0 radical (unpaired) electrons. The van der Waals surface area contributed by atoms with Crippen molar-refractivity contribution in [3.05, 3.63) is 59.2 Å². The van der Waals surface area contributed by atoms with E-state index in [0.29, 0.717) is 17.9 Å². The van der Waals surface area contributed by atoms with E-state index in [0.717, 1.165) is 23.3 Å². The van der Waals surface area contributed by atoms with Crippen LogP contribution < -0.4 is 9.47 Å². The van der Waals surface area contributed by atoms with E-state index >= 15 is 0 Å². The lowest BCUT2D eigenvalue weighted by atomic mass is 10.0. The topological polar surface area (TPSA) is 57.2 Å². The summed E-state index contributed by atoms with van der Waals surface area (Å²) in [6, 6.07) is 13.9. The highest BCUT2D eigenvalue weighted by molar-refractivity contribution is 5.60. The van der Waals surface area contributed by atoms with Crippen LogP contribution in [0.25, 0.3) is 0 Å². The molecule has 2 aromatic carbocycles. The predicted octanol–water partition coefficient (Wildman–Crippen LogP) is 4.08. The second kappa shape index (κ2) is 9.39. The SMILES string of the molecule is COc1cccc(OC)c1C1OC(C)C(C=O)N1C(Cc1ccc(C2CC2)cc1)OC. The van der Waals surface area contributed by atoms with Crippen LogP contribution in [0.2, 0.25) is 0 Å². The van der Waals surface area contributed by atoms with Gasteiger partial charge in [0, 0.05) is 13.5 Å². The summed E-state index contributed by atoms with van der Waals surface area (Å²) in [5, 5.41) is 0. The summed E-state index contributed by atoms with van der Waals surface area (Å²) >= 11 is 0. The summed E-state index contributed by atoms with van der Waals surface area (Å²) in [5.41, 5.74) is 3.32. The number of ether oxygens (including phenoxy) is 4. The molecular weight excluding hydrogens is 394 g/mol. The highest BCUT2D eigenvalue weighted by atomic mass is 16.6. The van der Waals surface area contributed by atoms with E-state index in [9.17, 15) is 4.79 Å². The van der Waals surface area contributed by atoms with Gasteiger partial charge in [-0.15, -0.1) is 0 Å². The molecule has 4 unspecified atom stereocenters. The Morgan fingerprint density at radius 2 is 1.71 bits per heavy atom. The number of hydrogen-bond donors (Lipinski definition) is 0. The lowest BCUT2D eigenvalue weighted by Crippen LogP contribution is -2.46. The first kappa shape index (κ1) is 21.8. The average molecular weight is 426 g/mol. The van der Waals surface area contributed by atoms with Gasteiger partial charge in [0.1, 0.15) is 30.2 Å². The molecule has 1 saturated carbocycles. The maximum atomic E-state index is 12.1. The van der Waals surface area contributed by atoms with Crippen LogP contribution in [-0.4, -0.2) is 50.9 Å². The third-order valence-corrected chi connectivity index (χ3v) is 6.34. The molecule has 4 rings (SSSR count). The van der Waals surface area contributed by atoms with Crippen molar-refractivity contribution >= 4 is 6.29 Å². The number of methoxy groups -OCH3 is 3. The molecule has 6 heteroatoms. The maximum Gasteiger partial charge on any atom is 0.147 e. The number of rotatable bonds is 9. The summed E-state index contributed by atoms with van der Waals surface area (Å²) < 4.78 is 23.4.